The molecule has 5 nitrogen and oxygen atoms in total. The Morgan fingerprint density at radius 1 is 1.32 bits per heavy atom. The maximum absolute atomic E-state index is 12.5. The molecule has 0 unspecified atom stereocenters. The molecule has 22 heavy (non-hydrogen) atoms. The maximum atomic E-state index is 12.5. The van der Waals surface area contributed by atoms with Crippen LogP contribution in [0.15, 0.2) is 18.2 Å². The van der Waals surface area contributed by atoms with Crippen LogP contribution in [0.4, 0.5) is 0 Å². The number of hydrogen-bond acceptors (Lipinski definition) is 4. The molecular formula is C17H25NO4. The number of likely N-dealkylation sites (tertiary alicyclic amines) is 1. The van der Waals surface area contributed by atoms with E-state index in [0.29, 0.717) is 49.6 Å². The Labute approximate surface area is 131 Å². The van der Waals surface area contributed by atoms with Gasteiger partial charge in [-0.3, -0.25) is 4.79 Å². The van der Waals surface area contributed by atoms with E-state index in [2.05, 4.69) is 6.92 Å². The zero-order valence-electron chi connectivity index (χ0n) is 13.4. The maximum Gasteiger partial charge on any atom is 0.253 e. The standard InChI is InChI=1S/C17H25NO4/c1-3-4-11-22-15-6-5-13(12-16(15)21-2)17(20)18-9-7-14(19)8-10-18/h5-6,12,14,19H,3-4,7-11H2,1-2H3. The lowest BCUT2D eigenvalue weighted by Crippen LogP contribution is -2.40. The molecule has 0 bridgehead atoms. The highest BCUT2D eigenvalue weighted by Gasteiger charge is 2.23. The minimum absolute atomic E-state index is 0.0229. The van der Waals surface area contributed by atoms with Gasteiger partial charge in [-0.05, 0) is 37.5 Å². The topological polar surface area (TPSA) is 59.0 Å². The molecule has 0 saturated carbocycles. The largest absolute Gasteiger partial charge is 0.493 e. The smallest absolute Gasteiger partial charge is 0.253 e. The number of carbonyl (C=O) groups is 1. The molecule has 1 aliphatic heterocycles. The molecule has 5 heteroatoms. The first-order valence-corrected chi connectivity index (χ1v) is 7.94. The van der Waals surface area contributed by atoms with Gasteiger partial charge in [0.05, 0.1) is 19.8 Å². The third-order valence-electron chi connectivity index (χ3n) is 3.92. The van der Waals surface area contributed by atoms with Crippen molar-refractivity contribution in [2.24, 2.45) is 0 Å². The highest BCUT2D eigenvalue weighted by atomic mass is 16.5. The molecule has 122 valence electrons. The summed E-state index contributed by atoms with van der Waals surface area (Å²) in [5.74, 6) is 1.23. The predicted octanol–water partition coefficient (Wildman–Crippen LogP) is 2.47. The zero-order valence-corrected chi connectivity index (χ0v) is 13.4. The molecule has 0 radical (unpaired) electrons. The van der Waals surface area contributed by atoms with Gasteiger partial charge < -0.3 is 19.5 Å². The molecule has 1 amide bonds. The van der Waals surface area contributed by atoms with Crippen LogP contribution in [0.5, 0.6) is 11.5 Å². The van der Waals surface area contributed by atoms with E-state index in [1.165, 1.54) is 0 Å². The van der Waals surface area contributed by atoms with Crippen molar-refractivity contribution in [3.8, 4) is 11.5 Å². The van der Waals surface area contributed by atoms with Crippen LogP contribution in [-0.4, -0.2) is 48.8 Å². The first-order valence-electron chi connectivity index (χ1n) is 7.94. The van der Waals surface area contributed by atoms with Gasteiger partial charge in [0.25, 0.3) is 5.91 Å². The number of aliphatic hydroxyl groups is 1. The minimum Gasteiger partial charge on any atom is -0.493 e. The quantitative estimate of drug-likeness (QED) is 0.820. The monoisotopic (exact) mass is 307 g/mol. The summed E-state index contributed by atoms with van der Waals surface area (Å²) in [6.45, 7) is 3.94. The normalized spacial score (nSPS) is 15.7. The Balaban J connectivity index is 2.06. The van der Waals surface area contributed by atoms with Crippen LogP contribution >= 0.6 is 0 Å². The van der Waals surface area contributed by atoms with Crippen LogP contribution < -0.4 is 9.47 Å². The van der Waals surface area contributed by atoms with Crippen LogP contribution in [0.3, 0.4) is 0 Å². The van der Waals surface area contributed by atoms with Crippen molar-refractivity contribution >= 4 is 5.91 Å². The molecule has 1 aromatic rings. The van der Waals surface area contributed by atoms with E-state index < -0.39 is 0 Å². The summed E-state index contributed by atoms with van der Waals surface area (Å²) < 4.78 is 11.0. The van der Waals surface area contributed by atoms with Crippen LogP contribution in [0.1, 0.15) is 43.0 Å². The lowest BCUT2D eigenvalue weighted by atomic mass is 10.1. The molecule has 1 aliphatic rings. The van der Waals surface area contributed by atoms with Gasteiger partial charge in [0.15, 0.2) is 11.5 Å². The Kier molecular flexibility index (Phi) is 6.07. The van der Waals surface area contributed by atoms with E-state index in [1.807, 2.05) is 0 Å². The van der Waals surface area contributed by atoms with Gasteiger partial charge >= 0.3 is 0 Å². The number of aliphatic hydroxyl groups excluding tert-OH is 1. The van der Waals surface area contributed by atoms with E-state index in [4.69, 9.17) is 9.47 Å². The van der Waals surface area contributed by atoms with Gasteiger partial charge in [-0.25, -0.2) is 0 Å². The minimum atomic E-state index is -0.284. The van der Waals surface area contributed by atoms with Crippen LogP contribution in [0.25, 0.3) is 0 Å². The molecular weight excluding hydrogens is 282 g/mol. The fraction of sp³-hybridized carbons (Fsp3) is 0.588. The first kappa shape index (κ1) is 16.6. The number of amides is 1. The summed E-state index contributed by atoms with van der Waals surface area (Å²) >= 11 is 0. The number of methoxy groups -OCH3 is 1. The fourth-order valence-electron chi connectivity index (χ4n) is 2.50. The number of benzene rings is 1. The summed E-state index contributed by atoms with van der Waals surface area (Å²) in [7, 11) is 1.58. The number of ether oxygens (including phenoxy) is 2. The van der Waals surface area contributed by atoms with Gasteiger partial charge in [0.1, 0.15) is 0 Å². The number of rotatable bonds is 6. The Bertz CT molecular complexity index is 495. The van der Waals surface area contributed by atoms with Crippen LogP contribution in [0.2, 0.25) is 0 Å². The number of carbonyl (C=O) groups excluding carboxylic acids is 1. The van der Waals surface area contributed by atoms with E-state index in [1.54, 1.807) is 30.2 Å². The van der Waals surface area contributed by atoms with E-state index in [-0.39, 0.29) is 12.0 Å². The molecule has 1 saturated heterocycles. The molecule has 1 aromatic carbocycles. The molecule has 0 aromatic heterocycles. The number of unbranched alkanes of at least 4 members (excludes halogenated alkanes) is 1. The highest BCUT2D eigenvalue weighted by Crippen LogP contribution is 2.29. The van der Waals surface area contributed by atoms with Gasteiger partial charge in [-0.2, -0.15) is 0 Å². The van der Waals surface area contributed by atoms with Crippen molar-refractivity contribution < 1.29 is 19.4 Å². The second kappa shape index (κ2) is 8.03. The second-order valence-corrected chi connectivity index (χ2v) is 5.59. The van der Waals surface area contributed by atoms with Crippen LogP contribution in [0, 0.1) is 0 Å². The summed E-state index contributed by atoms with van der Waals surface area (Å²) in [4.78, 5) is 14.3. The zero-order chi connectivity index (χ0) is 15.9. The molecule has 0 spiro atoms. The van der Waals surface area contributed by atoms with E-state index >= 15 is 0 Å². The second-order valence-electron chi connectivity index (χ2n) is 5.59. The highest BCUT2D eigenvalue weighted by molar-refractivity contribution is 5.95. The third kappa shape index (κ3) is 4.13. The van der Waals surface area contributed by atoms with Crippen LogP contribution in [-0.2, 0) is 0 Å². The van der Waals surface area contributed by atoms with Crippen molar-refractivity contribution in [3.63, 3.8) is 0 Å². The summed E-state index contributed by atoms with van der Waals surface area (Å²) in [5, 5.41) is 9.53. The molecule has 1 heterocycles. The van der Waals surface area contributed by atoms with Crippen molar-refractivity contribution in [2.45, 2.75) is 38.7 Å². The van der Waals surface area contributed by atoms with Crippen molar-refractivity contribution in [1.29, 1.82) is 0 Å². The summed E-state index contributed by atoms with van der Waals surface area (Å²) in [6, 6.07) is 5.30. The van der Waals surface area contributed by atoms with Crippen molar-refractivity contribution in [3.05, 3.63) is 23.8 Å². The Hall–Kier alpha value is -1.75. The fourth-order valence-corrected chi connectivity index (χ4v) is 2.50. The van der Waals surface area contributed by atoms with Crippen molar-refractivity contribution in [1.82, 2.24) is 4.90 Å². The third-order valence-corrected chi connectivity index (χ3v) is 3.92. The predicted molar refractivity (Wildman–Crippen MR) is 84.5 cm³/mol. The average Bonchev–Trinajstić information content (AvgIpc) is 2.55. The van der Waals surface area contributed by atoms with Gasteiger partial charge in [0, 0.05) is 18.7 Å². The SMILES string of the molecule is CCCCOc1ccc(C(=O)N2CCC(O)CC2)cc1OC. The first-order chi connectivity index (χ1) is 10.7. The van der Waals surface area contributed by atoms with Gasteiger partial charge in [-0.15, -0.1) is 0 Å². The molecule has 0 aliphatic carbocycles. The average molecular weight is 307 g/mol. The number of piperidine rings is 1. The van der Waals surface area contributed by atoms with E-state index in [9.17, 15) is 9.90 Å². The summed E-state index contributed by atoms with van der Waals surface area (Å²) in [5.41, 5.74) is 0.594. The summed E-state index contributed by atoms with van der Waals surface area (Å²) in [6.07, 6.45) is 3.05. The molecule has 1 fully saturated rings. The number of hydrogen-bond donors (Lipinski definition) is 1. The molecule has 2 rings (SSSR count). The molecule has 1 N–H and O–H groups in total. The van der Waals surface area contributed by atoms with Gasteiger partial charge in [0.2, 0.25) is 0 Å². The van der Waals surface area contributed by atoms with Crippen molar-refractivity contribution in [2.75, 3.05) is 26.8 Å². The lowest BCUT2D eigenvalue weighted by Gasteiger charge is -2.29. The Morgan fingerprint density at radius 3 is 2.68 bits per heavy atom. The Morgan fingerprint density at radius 2 is 2.05 bits per heavy atom. The molecule has 0 atom stereocenters. The van der Waals surface area contributed by atoms with Gasteiger partial charge in [-0.1, -0.05) is 13.3 Å². The van der Waals surface area contributed by atoms with E-state index in [0.717, 1.165) is 12.8 Å². The lowest BCUT2D eigenvalue weighted by molar-refractivity contribution is 0.0546. The number of nitrogens with zero attached hydrogens (tertiary/aromatic N) is 1.